The van der Waals surface area contributed by atoms with Gasteiger partial charge in [-0.15, -0.1) is 0 Å². The largest absolute Gasteiger partial charge is 0.444 e. The minimum Gasteiger partial charge on any atom is -0.444 e. The number of nitrogens with zero attached hydrogens (tertiary/aromatic N) is 4. The molecule has 0 aliphatic heterocycles. The first-order valence-electron chi connectivity index (χ1n) is 11.8. The summed E-state index contributed by atoms with van der Waals surface area (Å²) in [6, 6.07) is 1.46. The van der Waals surface area contributed by atoms with E-state index in [9.17, 15) is 14.4 Å². The normalized spacial score (nSPS) is 12.9. The van der Waals surface area contributed by atoms with Crippen molar-refractivity contribution >= 4 is 35.8 Å². The molecule has 0 saturated carbocycles. The summed E-state index contributed by atoms with van der Waals surface area (Å²) < 4.78 is 8.27. The Morgan fingerprint density at radius 1 is 1.29 bits per heavy atom. The van der Waals surface area contributed by atoms with E-state index in [1.54, 1.807) is 50.8 Å². The molecule has 0 aliphatic carbocycles. The molecule has 0 saturated heterocycles. The molecule has 35 heavy (non-hydrogen) atoms. The maximum absolute atomic E-state index is 13.5. The van der Waals surface area contributed by atoms with Crippen molar-refractivity contribution in [3.8, 4) is 0 Å². The second-order valence-corrected chi connectivity index (χ2v) is 9.16. The van der Waals surface area contributed by atoms with Crippen LogP contribution in [0.25, 0.3) is 11.2 Å². The smallest absolute Gasteiger partial charge is 0.410 e. The Morgan fingerprint density at radius 3 is 2.40 bits per heavy atom. The lowest BCUT2D eigenvalue weighted by Crippen LogP contribution is -2.40. The Labute approximate surface area is 213 Å². The number of amides is 2. The zero-order chi connectivity index (χ0) is 26.9. The monoisotopic (exact) mass is 505 g/mol. The fourth-order valence-electron chi connectivity index (χ4n) is 3.36. The molecule has 194 valence electrons. The van der Waals surface area contributed by atoms with Gasteiger partial charge in [0.05, 0.1) is 10.8 Å². The maximum atomic E-state index is 13.5. The van der Waals surface area contributed by atoms with E-state index < -0.39 is 28.4 Å². The highest BCUT2D eigenvalue weighted by Gasteiger charge is 2.27. The highest BCUT2D eigenvalue weighted by atomic mass is 32.1. The molecule has 1 unspecified atom stereocenters. The van der Waals surface area contributed by atoms with Gasteiger partial charge in [0.1, 0.15) is 11.1 Å². The van der Waals surface area contributed by atoms with Crippen LogP contribution in [0.15, 0.2) is 35.3 Å². The summed E-state index contributed by atoms with van der Waals surface area (Å²) in [4.78, 5) is 39.7. The molecule has 0 spiro atoms. The molecule has 9 nitrogen and oxygen atoms in total. The van der Waals surface area contributed by atoms with Gasteiger partial charge < -0.3 is 15.4 Å². The fourth-order valence-corrected chi connectivity index (χ4v) is 3.73. The molecule has 1 atom stereocenters. The lowest BCUT2D eigenvalue weighted by atomic mass is 10.2. The van der Waals surface area contributed by atoms with Crippen molar-refractivity contribution in [2.24, 2.45) is 5.73 Å². The zero-order valence-corrected chi connectivity index (χ0v) is 22.9. The van der Waals surface area contributed by atoms with E-state index in [0.717, 1.165) is 6.42 Å². The predicted molar refractivity (Wildman–Crippen MR) is 144 cm³/mol. The van der Waals surface area contributed by atoms with Crippen LogP contribution in [0.5, 0.6) is 0 Å². The molecule has 2 heterocycles. The highest BCUT2D eigenvalue weighted by molar-refractivity contribution is 7.80. The number of aromatic nitrogens is 3. The third kappa shape index (κ3) is 7.48. The first-order valence-corrected chi connectivity index (χ1v) is 12.4. The number of hydrogen-bond acceptors (Lipinski definition) is 6. The van der Waals surface area contributed by atoms with E-state index >= 15 is 0 Å². The number of allylic oxidation sites excluding steroid dienone is 4. The second kappa shape index (κ2) is 13.2. The van der Waals surface area contributed by atoms with Gasteiger partial charge in [-0.05, 0) is 53.2 Å². The van der Waals surface area contributed by atoms with Crippen LogP contribution in [-0.4, -0.2) is 49.8 Å². The first-order chi connectivity index (χ1) is 16.4. The average molecular weight is 506 g/mol. The van der Waals surface area contributed by atoms with Crippen LogP contribution in [0.1, 0.15) is 83.2 Å². The van der Waals surface area contributed by atoms with Crippen molar-refractivity contribution in [1.82, 2.24) is 19.1 Å². The quantitative estimate of drug-likeness (QED) is 0.400. The van der Waals surface area contributed by atoms with Crippen molar-refractivity contribution in [2.45, 2.75) is 72.7 Å². The molecule has 0 fully saturated rings. The van der Waals surface area contributed by atoms with E-state index in [1.165, 1.54) is 21.3 Å². The summed E-state index contributed by atoms with van der Waals surface area (Å²) in [7, 11) is 0. The van der Waals surface area contributed by atoms with Gasteiger partial charge in [0.25, 0.3) is 11.5 Å². The van der Waals surface area contributed by atoms with Crippen LogP contribution in [0.2, 0.25) is 0 Å². The molecule has 0 bridgehead atoms. The van der Waals surface area contributed by atoms with Crippen LogP contribution >= 0.6 is 12.6 Å². The number of hydrogen-bond donors (Lipinski definition) is 2. The average Bonchev–Trinajstić information content (AvgIpc) is 3.22. The number of carbonyl (C=O) groups is 2. The number of rotatable bonds is 8. The number of nitrogens with two attached hydrogens (primary N) is 1. The van der Waals surface area contributed by atoms with Crippen molar-refractivity contribution < 1.29 is 14.3 Å². The van der Waals surface area contributed by atoms with Gasteiger partial charge in [-0.1, -0.05) is 32.9 Å². The molecule has 2 aromatic heterocycles. The van der Waals surface area contributed by atoms with E-state index in [4.69, 9.17) is 23.1 Å². The molecule has 2 rings (SSSR count). The summed E-state index contributed by atoms with van der Waals surface area (Å²) >= 11 is 4.72. The van der Waals surface area contributed by atoms with Crippen LogP contribution in [0, 0.1) is 0 Å². The minimum atomic E-state index is -0.717. The Hall–Kier alpha value is -3.01. The topological polar surface area (TPSA) is 112 Å². The predicted octanol–water partition coefficient (Wildman–Crippen LogP) is 4.68. The third-order valence-corrected chi connectivity index (χ3v) is 5.10. The van der Waals surface area contributed by atoms with Crippen molar-refractivity contribution in [3.05, 3.63) is 52.2 Å². The number of carbonyl (C=O) groups excluding carboxylic acids is 2. The lowest BCUT2D eigenvalue weighted by molar-refractivity contribution is 0.0249. The molecule has 2 amide bonds. The summed E-state index contributed by atoms with van der Waals surface area (Å²) in [6.45, 7) is 15.6. The Kier molecular flexibility index (Phi) is 11.3. The molecule has 10 heteroatoms. The number of ether oxygens (including phenoxy) is 1. The van der Waals surface area contributed by atoms with E-state index in [1.807, 2.05) is 27.7 Å². The summed E-state index contributed by atoms with van der Waals surface area (Å²) in [6.07, 6.45) is 7.07. The summed E-state index contributed by atoms with van der Waals surface area (Å²) in [5, 5.41) is 3.95. The van der Waals surface area contributed by atoms with Gasteiger partial charge in [0, 0.05) is 25.0 Å². The Morgan fingerprint density at radius 2 is 1.91 bits per heavy atom. The summed E-state index contributed by atoms with van der Waals surface area (Å²) in [5.74, 6) is -0.399. The van der Waals surface area contributed by atoms with E-state index in [0.29, 0.717) is 18.1 Å². The molecular formula is C25H39N5O4S. The first kappa shape index (κ1) is 30.0. The van der Waals surface area contributed by atoms with Crippen molar-refractivity contribution in [3.63, 3.8) is 0 Å². The zero-order valence-electron chi connectivity index (χ0n) is 22.0. The standard InChI is InChI=1S/C23H33N5O4S.C2H6/c1-7-10-15(9-3)28-20(25-27-13-11-16(19(24)29)18(27)21(28)30)17(33)14-26(12-8-2)22(31)32-23(4,5)6;1-2/h7,9-11,13,17,33H,8,12,14H2,1-6H3,(H2,24,29);1-2H3/b10-7-,15-9+;. The number of thiol groups is 1. The molecule has 2 N–H and O–H groups in total. The van der Waals surface area contributed by atoms with Gasteiger partial charge in [-0.3, -0.25) is 14.2 Å². The number of fused-ring (bicyclic) bond motifs is 1. The van der Waals surface area contributed by atoms with Crippen LogP contribution in [0.3, 0.4) is 0 Å². The van der Waals surface area contributed by atoms with Gasteiger partial charge in [-0.2, -0.15) is 17.7 Å². The molecule has 0 aliphatic rings. The highest BCUT2D eigenvalue weighted by Crippen LogP contribution is 2.24. The Bertz CT molecular complexity index is 1140. The molecular weight excluding hydrogens is 466 g/mol. The van der Waals surface area contributed by atoms with E-state index in [2.05, 4.69) is 5.10 Å². The second-order valence-electron chi connectivity index (χ2n) is 8.54. The lowest BCUT2D eigenvalue weighted by Gasteiger charge is -2.29. The SMILES string of the molecule is C/C=C\C(=C/C)n1c(C(S)CN(CCC)C(=O)OC(C)(C)C)nn2ccc(C(N)=O)c2c1=O.CC. The van der Waals surface area contributed by atoms with Crippen molar-refractivity contribution in [1.29, 1.82) is 0 Å². The molecule has 0 radical (unpaired) electrons. The van der Waals surface area contributed by atoms with Crippen LogP contribution < -0.4 is 11.3 Å². The van der Waals surface area contributed by atoms with Gasteiger partial charge >= 0.3 is 6.09 Å². The maximum Gasteiger partial charge on any atom is 0.410 e. The van der Waals surface area contributed by atoms with Crippen molar-refractivity contribution in [2.75, 3.05) is 13.1 Å². The van der Waals surface area contributed by atoms with Gasteiger partial charge in [0.15, 0.2) is 5.82 Å². The van der Waals surface area contributed by atoms with E-state index in [-0.39, 0.29) is 17.6 Å². The van der Waals surface area contributed by atoms with Gasteiger partial charge in [-0.25, -0.2) is 9.31 Å². The minimum absolute atomic E-state index is 0.0770. The molecule has 2 aromatic rings. The van der Waals surface area contributed by atoms with Crippen LogP contribution in [0.4, 0.5) is 4.79 Å². The van der Waals surface area contributed by atoms with Gasteiger partial charge in [0.2, 0.25) is 0 Å². The Balaban J connectivity index is 0.00000298. The van der Waals surface area contributed by atoms with Crippen LogP contribution in [-0.2, 0) is 4.74 Å². The fraction of sp³-hybridized carbons (Fsp3) is 0.520. The third-order valence-electron chi connectivity index (χ3n) is 4.71. The molecule has 0 aromatic carbocycles. The summed E-state index contributed by atoms with van der Waals surface area (Å²) in [5.41, 5.74) is 5.08. The number of primary amides is 1.